The summed E-state index contributed by atoms with van der Waals surface area (Å²) in [5.74, 6) is -3.16. The Balaban J connectivity index is -0.000000218. The molecular formula is C10H14O6Zr. The molecule has 0 atom stereocenters. The van der Waals surface area contributed by atoms with Gasteiger partial charge in [-0.2, -0.15) is 0 Å². The van der Waals surface area contributed by atoms with Crippen molar-refractivity contribution in [3.63, 3.8) is 0 Å². The Kier molecular flexibility index (Phi) is 16.7. The molecule has 0 radical (unpaired) electrons. The van der Waals surface area contributed by atoms with E-state index in [9.17, 15) is 29.4 Å². The average molecular weight is 321 g/mol. The van der Waals surface area contributed by atoms with Crippen molar-refractivity contribution in [3.05, 3.63) is 0 Å². The Labute approximate surface area is 119 Å². The van der Waals surface area contributed by atoms with Crippen LogP contribution in [0.4, 0.5) is 0 Å². The molecule has 0 aromatic heterocycles. The Morgan fingerprint density at radius 1 is 0.765 bits per heavy atom. The predicted octanol–water partition coefficient (Wildman–Crippen LogP) is -1.79. The summed E-state index contributed by atoms with van der Waals surface area (Å²) in [6, 6.07) is 0. The van der Waals surface area contributed by atoms with Crippen LogP contribution in [0.15, 0.2) is 0 Å². The van der Waals surface area contributed by atoms with Crippen molar-refractivity contribution in [1.29, 1.82) is 0 Å². The second kappa shape index (κ2) is 13.2. The van der Waals surface area contributed by atoms with Crippen molar-refractivity contribution in [2.75, 3.05) is 0 Å². The standard InChI is InChI=1S/2C5H8O3.Zr/c2*1-2-4(6)3-5(7)8;/h2*2-3H2,1H3,(H,7,8);/q;;+2/p-2. The van der Waals surface area contributed by atoms with E-state index in [0.29, 0.717) is 0 Å². The predicted molar refractivity (Wildman–Crippen MR) is 49.8 cm³/mol. The number of rotatable bonds is 6. The summed E-state index contributed by atoms with van der Waals surface area (Å²) in [4.78, 5) is 39.7. The first-order chi connectivity index (χ1) is 7.33. The summed E-state index contributed by atoms with van der Waals surface area (Å²) < 4.78 is 0. The molecule has 17 heavy (non-hydrogen) atoms. The van der Waals surface area contributed by atoms with E-state index < -0.39 is 24.8 Å². The van der Waals surface area contributed by atoms with Gasteiger partial charge in [0.25, 0.3) is 0 Å². The van der Waals surface area contributed by atoms with Gasteiger partial charge < -0.3 is 19.8 Å². The van der Waals surface area contributed by atoms with E-state index in [1.807, 2.05) is 0 Å². The number of hydrogen-bond acceptors (Lipinski definition) is 6. The zero-order valence-electron chi connectivity index (χ0n) is 9.78. The van der Waals surface area contributed by atoms with Crippen LogP contribution in [0.3, 0.4) is 0 Å². The number of hydrogen-bond donors (Lipinski definition) is 0. The molecule has 0 N–H and O–H groups in total. The van der Waals surface area contributed by atoms with Crippen molar-refractivity contribution in [2.45, 2.75) is 39.5 Å². The van der Waals surface area contributed by atoms with Crippen LogP contribution in [-0.2, 0) is 45.4 Å². The Morgan fingerprint density at radius 2 is 1.00 bits per heavy atom. The third-order valence-corrected chi connectivity index (χ3v) is 1.47. The molecule has 0 aromatic carbocycles. The molecule has 0 unspecified atom stereocenters. The van der Waals surface area contributed by atoms with Gasteiger partial charge in [-0.05, 0) is 0 Å². The maximum absolute atomic E-state index is 10.2. The van der Waals surface area contributed by atoms with Crippen molar-refractivity contribution < 1.29 is 55.6 Å². The maximum Gasteiger partial charge on any atom is 2.00 e. The topological polar surface area (TPSA) is 114 Å². The van der Waals surface area contributed by atoms with E-state index in [0.717, 1.165) is 0 Å². The molecule has 0 rings (SSSR count). The van der Waals surface area contributed by atoms with Crippen LogP contribution in [0.1, 0.15) is 39.5 Å². The molecule has 0 amide bonds. The first kappa shape index (κ1) is 21.4. The molecule has 0 fully saturated rings. The van der Waals surface area contributed by atoms with E-state index in [1.54, 1.807) is 13.8 Å². The molecule has 0 aliphatic rings. The van der Waals surface area contributed by atoms with Gasteiger partial charge in [0.15, 0.2) is 0 Å². The average Bonchev–Trinajstić information content (AvgIpc) is 2.16. The summed E-state index contributed by atoms with van der Waals surface area (Å²) in [6.07, 6.45) is -0.352. The number of carbonyl (C=O) groups is 4. The Morgan fingerprint density at radius 3 is 1.06 bits per heavy atom. The molecule has 0 saturated carbocycles. The van der Waals surface area contributed by atoms with Gasteiger partial charge in [-0.15, -0.1) is 0 Å². The largest absolute Gasteiger partial charge is 2.00 e. The number of carbonyl (C=O) groups excluding carboxylic acids is 4. The smallest absolute Gasteiger partial charge is 0.550 e. The van der Waals surface area contributed by atoms with E-state index in [-0.39, 0.29) is 50.6 Å². The Bertz CT molecular complexity index is 246. The van der Waals surface area contributed by atoms with Crippen LogP contribution < -0.4 is 10.2 Å². The van der Waals surface area contributed by atoms with E-state index in [1.165, 1.54) is 0 Å². The van der Waals surface area contributed by atoms with E-state index >= 15 is 0 Å². The molecule has 0 spiro atoms. The number of Topliss-reactive ketones (excluding diaryl/α,β-unsaturated/α-hetero) is 2. The van der Waals surface area contributed by atoms with E-state index in [2.05, 4.69) is 0 Å². The van der Waals surface area contributed by atoms with E-state index in [4.69, 9.17) is 0 Å². The zero-order chi connectivity index (χ0) is 13.1. The molecular weight excluding hydrogens is 307 g/mol. The third-order valence-electron chi connectivity index (χ3n) is 1.47. The quantitative estimate of drug-likeness (QED) is 0.534. The van der Waals surface area contributed by atoms with Crippen molar-refractivity contribution in [3.8, 4) is 0 Å². The second-order valence-corrected chi connectivity index (χ2v) is 2.88. The fraction of sp³-hybridized carbons (Fsp3) is 0.600. The molecule has 0 aliphatic carbocycles. The molecule has 0 heterocycles. The monoisotopic (exact) mass is 320 g/mol. The van der Waals surface area contributed by atoms with Crippen LogP contribution >= 0.6 is 0 Å². The van der Waals surface area contributed by atoms with Gasteiger partial charge in [0.2, 0.25) is 0 Å². The SMILES string of the molecule is CCC(=O)CC(=O)[O-].CCC(=O)CC(=O)[O-].[Zr+2]. The Hall–Kier alpha value is -0.837. The summed E-state index contributed by atoms with van der Waals surface area (Å²) in [7, 11) is 0. The number of carboxylic acid groups (broad SMARTS) is 2. The molecule has 0 saturated heterocycles. The number of carboxylic acids is 2. The molecule has 0 aliphatic heterocycles. The minimum atomic E-state index is -1.29. The van der Waals surface area contributed by atoms with Crippen LogP contribution in [0.2, 0.25) is 0 Å². The third kappa shape index (κ3) is 21.1. The first-order valence-corrected chi connectivity index (χ1v) is 4.76. The van der Waals surface area contributed by atoms with Crippen molar-refractivity contribution >= 4 is 23.5 Å². The minimum absolute atomic E-state index is 0. The summed E-state index contributed by atoms with van der Waals surface area (Å²) >= 11 is 0. The molecule has 0 bridgehead atoms. The van der Waals surface area contributed by atoms with Gasteiger partial charge in [0.1, 0.15) is 11.6 Å². The summed E-state index contributed by atoms with van der Waals surface area (Å²) in [5, 5.41) is 19.3. The fourth-order valence-corrected chi connectivity index (χ4v) is 0.572. The second-order valence-electron chi connectivity index (χ2n) is 2.88. The van der Waals surface area contributed by atoms with Gasteiger partial charge in [-0.3, -0.25) is 9.59 Å². The molecule has 0 aromatic rings. The van der Waals surface area contributed by atoms with Crippen LogP contribution in [-0.4, -0.2) is 23.5 Å². The molecule has 7 heteroatoms. The van der Waals surface area contributed by atoms with Crippen LogP contribution in [0.5, 0.6) is 0 Å². The normalized spacial score (nSPS) is 8.12. The van der Waals surface area contributed by atoms with Gasteiger partial charge in [0.05, 0.1) is 0 Å². The van der Waals surface area contributed by atoms with Crippen molar-refractivity contribution in [1.82, 2.24) is 0 Å². The molecule has 6 nitrogen and oxygen atoms in total. The first-order valence-electron chi connectivity index (χ1n) is 4.76. The van der Waals surface area contributed by atoms with Gasteiger partial charge in [-0.1, -0.05) is 13.8 Å². The van der Waals surface area contributed by atoms with Gasteiger partial charge in [-0.25, -0.2) is 0 Å². The maximum atomic E-state index is 10.2. The van der Waals surface area contributed by atoms with Gasteiger partial charge >= 0.3 is 26.2 Å². The minimum Gasteiger partial charge on any atom is -0.550 e. The number of ketones is 2. The summed E-state index contributed by atoms with van der Waals surface area (Å²) in [5.41, 5.74) is 0. The zero-order valence-corrected chi connectivity index (χ0v) is 12.2. The van der Waals surface area contributed by atoms with Crippen LogP contribution in [0.25, 0.3) is 0 Å². The molecule has 94 valence electrons. The number of aliphatic carboxylic acids is 2. The van der Waals surface area contributed by atoms with Crippen molar-refractivity contribution in [2.24, 2.45) is 0 Å². The summed E-state index contributed by atoms with van der Waals surface area (Å²) in [6.45, 7) is 3.23. The van der Waals surface area contributed by atoms with Gasteiger partial charge in [0, 0.05) is 37.6 Å². The fourth-order valence-electron chi connectivity index (χ4n) is 0.572. The van der Waals surface area contributed by atoms with Crippen LogP contribution in [0, 0.1) is 0 Å².